The molecule has 1 heterocycles. The summed E-state index contributed by atoms with van der Waals surface area (Å²) in [6, 6.07) is 25.5. The number of carbonyl (C=O) groups is 1. The van der Waals surface area contributed by atoms with Gasteiger partial charge in [0.25, 0.3) is 0 Å². The minimum atomic E-state index is -0.189. The molecular weight excluding hydrogens is 546 g/mol. The Morgan fingerprint density at radius 1 is 0.952 bits per heavy atom. The molecule has 3 aromatic carbocycles. The highest BCUT2D eigenvalue weighted by atomic mass is 32.2. The molecule has 1 amide bonds. The first-order valence-corrected chi connectivity index (χ1v) is 16.1. The summed E-state index contributed by atoms with van der Waals surface area (Å²) in [4.78, 5) is 16.6. The molecule has 7 nitrogen and oxygen atoms in total. The average molecular weight is 590 g/mol. The summed E-state index contributed by atoms with van der Waals surface area (Å²) < 4.78 is 20.4. The van der Waals surface area contributed by atoms with E-state index in [4.69, 9.17) is 14.2 Å². The van der Waals surface area contributed by atoms with Crippen molar-refractivity contribution in [3.63, 3.8) is 0 Å². The monoisotopic (exact) mass is 589 g/mol. The first-order chi connectivity index (χ1) is 20.6. The molecule has 5 rings (SSSR count). The first-order valence-electron chi connectivity index (χ1n) is 14.9. The highest BCUT2D eigenvalue weighted by Gasteiger charge is 2.43. The van der Waals surface area contributed by atoms with E-state index < -0.39 is 0 Å². The summed E-state index contributed by atoms with van der Waals surface area (Å²) >= 11 is 1.62. The van der Waals surface area contributed by atoms with Crippen LogP contribution in [0.5, 0.6) is 11.5 Å². The molecule has 0 spiro atoms. The van der Waals surface area contributed by atoms with Crippen LogP contribution in [-0.2, 0) is 16.1 Å². The Kier molecular flexibility index (Phi) is 10.8. The lowest BCUT2D eigenvalue weighted by atomic mass is 9.77. The maximum Gasteiger partial charge on any atom is 0.228 e. The van der Waals surface area contributed by atoms with Gasteiger partial charge in [0.15, 0.2) is 0 Å². The molecule has 2 N–H and O–H groups in total. The highest BCUT2D eigenvalue weighted by molar-refractivity contribution is 7.96. The van der Waals surface area contributed by atoms with Crippen LogP contribution in [0.4, 0.5) is 0 Å². The van der Waals surface area contributed by atoms with Gasteiger partial charge in [0.1, 0.15) is 11.5 Å². The van der Waals surface area contributed by atoms with Crippen molar-refractivity contribution >= 4 is 17.9 Å². The van der Waals surface area contributed by atoms with Crippen molar-refractivity contribution in [3.05, 3.63) is 83.9 Å². The largest absolute Gasteiger partial charge is 0.497 e. The van der Waals surface area contributed by atoms with Gasteiger partial charge in [0.2, 0.25) is 5.91 Å². The minimum Gasteiger partial charge on any atom is -0.497 e. The zero-order valence-electron chi connectivity index (χ0n) is 24.9. The van der Waals surface area contributed by atoms with E-state index in [0.717, 1.165) is 42.9 Å². The van der Waals surface area contributed by atoms with E-state index in [2.05, 4.69) is 69.7 Å². The van der Waals surface area contributed by atoms with Crippen molar-refractivity contribution in [2.75, 3.05) is 46.8 Å². The van der Waals surface area contributed by atoms with Crippen LogP contribution in [0.1, 0.15) is 36.3 Å². The second kappa shape index (κ2) is 14.9. The van der Waals surface area contributed by atoms with Crippen LogP contribution in [0.25, 0.3) is 11.1 Å². The second-order valence-electron chi connectivity index (χ2n) is 11.1. The first kappa shape index (κ1) is 30.4. The van der Waals surface area contributed by atoms with Gasteiger partial charge in [-0.3, -0.25) is 9.52 Å². The summed E-state index contributed by atoms with van der Waals surface area (Å²) in [5.74, 6) is 1.55. The van der Waals surface area contributed by atoms with Gasteiger partial charge >= 0.3 is 0 Å². The summed E-state index contributed by atoms with van der Waals surface area (Å²) in [7, 11) is 3.36. The van der Waals surface area contributed by atoms with Crippen LogP contribution in [0.2, 0.25) is 0 Å². The smallest absolute Gasteiger partial charge is 0.228 e. The predicted octanol–water partition coefficient (Wildman–Crippen LogP) is 5.51. The molecule has 42 heavy (non-hydrogen) atoms. The zero-order valence-corrected chi connectivity index (χ0v) is 25.7. The quantitative estimate of drug-likeness (QED) is 0.190. The van der Waals surface area contributed by atoms with E-state index in [1.54, 1.807) is 26.2 Å². The Morgan fingerprint density at radius 2 is 1.74 bits per heavy atom. The maximum absolute atomic E-state index is 14.5. The molecular formula is C34H43N3O4S. The molecule has 1 saturated carbocycles. The third kappa shape index (κ3) is 7.67. The predicted molar refractivity (Wildman–Crippen MR) is 170 cm³/mol. The van der Waals surface area contributed by atoms with E-state index in [0.29, 0.717) is 26.3 Å². The van der Waals surface area contributed by atoms with Gasteiger partial charge in [0.05, 0.1) is 19.6 Å². The number of piperidine rings is 1. The van der Waals surface area contributed by atoms with Crippen LogP contribution >= 0.6 is 11.9 Å². The Labute approximate surface area is 254 Å². The number of nitrogens with zero attached hydrogens (tertiary/aromatic N) is 1. The van der Waals surface area contributed by atoms with E-state index >= 15 is 0 Å². The van der Waals surface area contributed by atoms with E-state index in [-0.39, 0.29) is 29.8 Å². The van der Waals surface area contributed by atoms with Crippen molar-refractivity contribution in [2.45, 2.75) is 43.8 Å². The summed E-state index contributed by atoms with van der Waals surface area (Å²) in [5.41, 5.74) is 4.57. The number of ether oxygens (including phenoxy) is 3. The molecule has 1 aliphatic carbocycles. The fraction of sp³-hybridized carbons (Fsp3) is 0.441. The summed E-state index contributed by atoms with van der Waals surface area (Å²) in [5, 5.41) is 3.56. The molecule has 0 radical (unpaired) electrons. The van der Waals surface area contributed by atoms with Crippen molar-refractivity contribution in [2.24, 2.45) is 5.92 Å². The van der Waals surface area contributed by atoms with Crippen LogP contribution in [0, 0.1) is 5.92 Å². The van der Waals surface area contributed by atoms with Crippen molar-refractivity contribution < 1.29 is 19.0 Å². The van der Waals surface area contributed by atoms with Gasteiger partial charge in [-0.2, -0.15) is 0 Å². The Balaban J connectivity index is 1.41. The van der Waals surface area contributed by atoms with Crippen LogP contribution in [0.3, 0.4) is 0 Å². The number of benzene rings is 3. The van der Waals surface area contributed by atoms with Crippen LogP contribution < -0.4 is 19.5 Å². The molecule has 0 bridgehead atoms. The highest BCUT2D eigenvalue weighted by Crippen LogP contribution is 2.38. The second-order valence-corrected chi connectivity index (χ2v) is 11.8. The van der Waals surface area contributed by atoms with Gasteiger partial charge in [-0.15, -0.1) is 0 Å². The normalized spacial score (nSPS) is 20.2. The van der Waals surface area contributed by atoms with Gasteiger partial charge in [-0.1, -0.05) is 66.5 Å². The number of rotatable bonds is 14. The van der Waals surface area contributed by atoms with Crippen molar-refractivity contribution in [3.8, 4) is 22.6 Å². The molecule has 0 unspecified atom stereocenters. The lowest BCUT2D eigenvalue weighted by Crippen LogP contribution is -2.55. The summed E-state index contributed by atoms with van der Waals surface area (Å²) in [6.07, 6.45) is 4.94. The van der Waals surface area contributed by atoms with Gasteiger partial charge in [-0.25, -0.2) is 0 Å². The molecule has 0 aromatic heterocycles. The fourth-order valence-electron chi connectivity index (χ4n) is 5.96. The summed E-state index contributed by atoms with van der Waals surface area (Å²) in [6.45, 7) is 3.21. The molecule has 1 saturated heterocycles. The lowest BCUT2D eigenvalue weighted by molar-refractivity contribution is -0.138. The number of hydrogen-bond acceptors (Lipinski definition) is 7. The standard InChI is InChI=1S/C34H43N3O4S/c1-39-15-8-16-41-30-18-24(17-29(20-30)40-2)23-37(28-13-14-28)34(38)31-21-35-22-32(36-42-3)33(31)27-12-7-11-26(19-27)25-9-5-4-6-10-25/h4-7,9-12,17-20,28,31-33,35-36H,8,13-16,21-23H2,1-3H3/t31-,32+,33+/m0/s1. The average Bonchev–Trinajstić information content (AvgIpc) is 3.88. The minimum absolute atomic E-state index is 0.0427. The maximum atomic E-state index is 14.5. The number of hydrogen-bond donors (Lipinski definition) is 2. The van der Waals surface area contributed by atoms with Crippen LogP contribution in [-0.4, -0.2) is 69.7 Å². The molecule has 224 valence electrons. The molecule has 1 aliphatic heterocycles. The third-order valence-electron chi connectivity index (χ3n) is 8.12. The topological polar surface area (TPSA) is 72.1 Å². The van der Waals surface area contributed by atoms with Crippen LogP contribution in [0.15, 0.2) is 72.8 Å². The van der Waals surface area contributed by atoms with Gasteiger partial charge in [0, 0.05) is 63.8 Å². The number of carbonyl (C=O) groups excluding carboxylic acids is 1. The van der Waals surface area contributed by atoms with E-state index in [1.807, 2.05) is 24.3 Å². The molecule has 3 aromatic rings. The number of methoxy groups -OCH3 is 2. The molecule has 8 heteroatoms. The fourth-order valence-corrected chi connectivity index (χ4v) is 6.49. The van der Waals surface area contributed by atoms with Gasteiger partial charge in [-0.05, 0) is 53.5 Å². The van der Waals surface area contributed by atoms with E-state index in [1.165, 1.54) is 16.7 Å². The Bertz CT molecular complexity index is 1300. The van der Waals surface area contributed by atoms with E-state index in [9.17, 15) is 4.79 Å². The Morgan fingerprint density at radius 3 is 2.48 bits per heavy atom. The van der Waals surface area contributed by atoms with Crippen molar-refractivity contribution in [1.82, 2.24) is 14.9 Å². The third-order valence-corrected chi connectivity index (χ3v) is 8.66. The van der Waals surface area contributed by atoms with Gasteiger partial charge < -0.3 is 24.4 Å². The molecule has 2 fully saturated rings. The number of nitrogens with one attached hydrogen (secondary N) is 2. The Hall–Kier alpha value is -3.04. The molecule has 2 aliphatic rings. The molecule has 3 atom stereocenters. The lowest BCUT2D eigenvalue weighted by Gasteiger charge is -2.40. The number of amides is 1. The SMILES string of the molecule is COCCCOc1cc(CN(C(=O)[C@H]2CNC[C@@H](NSC)[C@@H]2c2cccc(-c3ccccc3)c2)C2CC2)cc(OC)c1. The van der Waals surface area contributed by atoms with Crippen molar-refractivity contribution in [1.29, 1.82) is 0 Å². The zero-order chi connectivity index (χ0) is 29.3.